The van der Waals surface area contributed by atoms with Crippen LogP contribution in [0.4, 0.5) is 32.0 Å². The van der Waals surface area contributed by atoms with Gasteiger partial charge in [0.15, 0.2) is 0 Å². The first-order chi connectivity index (χ1) is 13.8. The predicted molar refractivity (Wildman–Crippen MR) is 96.0 cm³/mol. The third kappa shape index (κ3) is 4.53. The standard InChI is InChI=1S/C18H19F6NO4S/c1-3-11-9-25(14(26)6-7-15(27)29-2)12-5-4-10(8-13(12)30-11)16(28,17(19,20)21)18(22,23)24/h4-5,8,11,28H,3,6-7,9H2,1-2H3/t11-/m0/s1. The number of rotatable bonds is 5. The molecular formula is C18H19F6NO4S. The Morgan fingerprint density at radius 2 is 1.77 bits per heavy atom. The zero-order valence-electron chi connectivity index (χ0n) is 15.9. The van der Waals surface area contributed by atoms with Crippen LogP contribution in [0.3, 0.4) is 0 Å². The topological polar surface area (TPSA) is 66.8 Å². The van der Waals surface area contributed by atoms with E-state index in [0.717, 1.165) is 24.9 Å². The molecule has 30 heavy (non-hydrogen) atoms. The third-order valence-electron chi connectivity index (χ3n) is 4.70. The number of aliphatic hydroxyl groups is 1. The van der Waals surface area contributed by atoms with Gasteiger partial charge in [-0.15, -0.1) is 11.8 Å². The van der Waals surface area contributed by atoms with Crippen molar-refractivity contribution in [3.8, 4) is 0 Å². The highest BCUT2D eigenvalue weighted by Gasteiger charge is 2.71. The Morgan fingerprint density at radius 3 is 2.27 bits per heavy atom. The van der Waals surface area contributed by atoms with E-state index in [2.05, 4.69) is 4.74 Å². The monoisotopic (exact) mass is 459 g/mol. The lowest BCUT2D eigenvalue weighted by molar-refractivity contribution is -0.376. The SMILES string of the molecule is CC[C@H]1CN(C(=O)CCC(=O)OC)c2ccc(C(O)(C(F)(F)F)C(F)(F)F)cc2S1. The average Bonchev–Trinajstić information content (AvgIpc) is 2.67. The van der Waals surface area contributed by atoms with Gasteiger partial charge >= 0.3 is 18.3 Å². The normalized spacial score (nSPS) is 17.5. The molecule has 1 atom stereocenters. The third-order valence-corrected chi connectivity index (χ3v) is 6.09. The van der Waals surface area contributed by atoms with Crippen molar-refractivity contribution in [1.29, 1.82) is 0 Å². The Morgan fingerprint density at radius 1 is 1.17 bits per heavy atom. The van der Waals surface area contributed by atoms with Gasteiger partial charge in [0.1, 0.15) is 0 Å². The zero-order valence-corrected chi connectivity index (χ0v) is 16.7. The second-order valence-corrected chi connectivity index (χ2v) is 7.96. The number of ether oxygens (including phenoxy) is 1. The summed E-state index contributed by atoms with van der Waals surface area (Å²) in [6.07, 6.45) is -12.0. The lowest BCUT2D eigenvalue weighted by atomic mass is 9.92. The minimum absolute atomic E-state index is 0.00365. The van der Waals surface area contributed by atoms with E-state index in [-0.39, 0.29) is 35.2 Å². The highest BCUT2D eigenvalue weighted by Crippen LogP contribution is 2.52. The van der Waals surface area contributed by atoms with Gasteiger partial charge in [-0.3, -0.25) is 9.59 Å². The molecule has 0 unspecified atom stereocenters. The van der Waals surface area contributed by atoms with Crippen LogP contribution < -0.4 is 4.90 Å². The van der Waals surface area contributed by atoms with Crippen molar-refractivity contribution >= 4 is 29.3 Å². The lowest BCUT2D eigenvalue weighted by Crippen LogP contribution is -2.54. The zero-order chi connectivity index (χ0) is 22.9. The number of amides is 1. The molecule has 2 rings (SSSR count). The molecule has 0 radical (unpaired) electrons. The minimum atomic E-state index is -6.00. The van der Waals surface area contributed by atoms with E-state index in [1.165, 1.54) is 4.90 Å². The molecule has 0 aliphatic carbocycles. The number of halogens is 6. The minimum Gasteiger partial charge on any atom is -0.469 e. The maximum Gasteiger partial charge on any atom is 0.430 e. The average molecular weight is 459 g/mol. The predicted octanol–water partition coefficient (Wildman–Crippen LogP) is 4.17. The fourth-order valence-electron chi connectivity index (χ4n) is 2.96. The summed E-state index contributed by atoms with van der Waals surface area (Å²) in [6, 6.07) is 2.07. The maximum absolute atomic E-state index is 13.2. The number of hydrogen-bond acceptors (Lipinski definition) is 5. The van der Waals surface area contributed by atoms with Crippen LogP contribution in [0.1, 0.15) is 31.7 Å². The number of thioether (sulfide) groups is 1. The van der Waals surface area contributed by atoms with Crippen molar-refractivity contribution in [3.05, 3.63) is 23.8 Å². The van der Waals surface area contributed by atoms with Crippen molar-refractivity contribution in [1.82, 2.24) is 0 Å². The van der Waals surface area contributed by atoms with E-state index in [1.807, 2.05) is 0 Å². The molecule has 1 aliphatic heterocycles. The molecule has 168 valence electrons. The number of nitrogens with zero attached hydrogens (tertiary/aromatic N) is 1. The van der Waals surface area contributed by atoms with Crippen LogP contribution >= 0.6 is 11.8 Å². The van der Waals surface area contributed by atoms with Crippen LogP contribution in [0, 0.1) is 0 Å². The van der Waals surface area contributed by atoms with Crippen LogP contribution in [0.15, 0.2) is 23.1 Å². The highest BCUT2D eigenvalue weighted by molar-refractivity contribution is 8.00. The van der Waals surface area contributed by atoms with Gasteiger partial charge < -0.3 is 14.7 Å². The summed E-state index contributed by atoms with van der Waals surface area (Å²) in [5.74, 6) is -1.15. The quantitative estimate of drug-likeness (QED) is 0.529. The van der Waals surface area contributed by atoms with Gasteiger partial charge in [0.25, 0.3) is 5.60 Å². The number of alkyl halides is 6. The number of fused-ring (bicyclic) bond motifs is 1. The molecule has 5 nitrogen and oxygen atoms in total. The summed E-state index contributed by atoms with van der Waals surface area (Å²) in [5.41, 5.74) is -6.31. The molecule has 0 aromatic heterocycles. The van der Waals surface area contributed by atoms with Crippen molar-refractivity contribution < 1.29 is 45.8 Å². The molecule has 12 heteroatoms. The van der Waals surface area contributed by atoms with Gasteiger partial charge in [-0.2, -0.15) is 26.3 Å². The second kappa shape index (κ2) is 8.66. The Balaban J connectivity index is 2.48. The summed E-state index contributed by atoms with van der Waals surface area (Å²) < 4.78 is 83.6. The molecule has 0 saturated carbocycles. The fraction of sp³-hybridized carbons (Fsp3) is 0.556. The molecular weight excluding hydrogens is 440 g/mol. The molecule has 1 amide bonds. The number of methoxy groups -OCH3 is 1. The van der Waals surface area contributed by atoms with Crippen molar-refractivity contribution in [3.63, 3.8) is 0 Å². The molecule has 1 N–H and O–H groups in total. The van der Waals surface area contributed by atoms with Crippen LogP contribution in [0.25, 0.3) is 0 Å². The van der Waals surface area contributed by atoms with Crippen LogP contribution in [0.2, 0.25) is 0 Å². The first-order valence-electron chi connectivity index (χ1n) is 8.80. The number of anilines is 1. The Labute approximate surface area is 172 Å². The van der Waals surface area contributed by atoms with Crippen LogP contribution in [-0.2, 0) is 19.9 Å². The van der Waals surface area contributed by atoms with Gasteiger partial charge in [-0.1, -0.05) is 13.0 Å². The summed E-state index contributed by atoms with van der Waals surface area (Å²) in [4.78, 5) is 25.0. The summed E-state index contributed by atoms with van der Waals surface area (Å²) in [5, 5.41) is 9.34. The smallest absolute Gasteiger partial charge is 0.430 e. The van der Waals surface area contributed by atoms with Gasteiger partial charge in [0.05, 0.1) is 19.2 Å². The maximum atomic E-state index is 13.2. The summed E-state index contributed by atoms with van der Waals surface area (Å²) >= 11 is 1.03. The van der Waals surface area contributed by atoms with Gasteiger partial charge in [0, 0.05) is 28.7 Å². The fourth-order valence-corrected chi connectivity index (χ4v) is 4.20. The molecule has 0 saturated heterocycles. The van der Waals surface area contributed by atoms with E-state index >= 15 is 0 Å². The number of hydrogen-bond donors (Lipinski definition) is 1. The first-order valence-corrected chi connectivity index (χ1v) is 9.68. The number of esters is 1. The number of carbonyl (C=O) groups is 2. The first kappa shape index (κ1) is 24.3. The Kier molecular flexibility index (Phi) is 7.02. The van der Waals surface area contributed by atoms with Gasteiger partial charge in [-0.05, 0) is 18.6 Å². The van der Waals surface area contributed by atoms with E-state index in [1.54, 1.807) is 6.92 Å². The van der Waals surface area contributed by atoms with Crippen LogP contribution in [-0.4, -0.2) is 48.2 Å². The Bertz CT molecular complexity index is 797. The van der Waals surface area contributed by atoms with E-state index in [9.17, 15) is 41.0 Å². The molecule has 0 spiro atoms. The van der Waals surface area contributed by atoms with Crippen molar-refractivity contribution in [2.75, 3.05) is 18.6 Å². The summed E-state index contributed by atoms with van der Waals surface area (Å²) in [7, 11) is 1.15. The molecule has 1 aliphatic rings. The second-order valence-electron chi connectivity index (χ2n) is 6.62. The molecule has 1 aromatic rings. The number of benzene rings is 1. The van der Waals surface area contributed by atoms with E-state index in [4.69, 9.17) is 0 Å². The molecule has 0 fully saturated rings. The van der Waals surface area contributed by atoms with E-state index < -0.39 is 35.4 Å². The highest BCUT2D eigenvalue weighted by atomic mass is 32.2. The molecule has 1 heterocycles. The molecule has 1 aromatic carbocycles. The van der Waals surface area contributed by atoms with Gasteiger partial charge in [-0.25, -0.2) is 0 Å². The molecule has 0 bridgehead atoms. The Hall–Kier alpha value is -1.95. The van der Waals surface area contributed by atoms with Crippen LogP contribution in [0.5, 0.6) is 0 Å². The lowest BCUT2D eigenvalue weighted by Gasteiger charge is -2.36. The van der Waals surface area contributed by atoms with E-state index in [0.29, 0.717) is 18.6 Å². The van der Waals surface area contributed by atoms with Crippen molar-refractivity contribution in [2.24, 2.45) is 0 Å². The van der Waals surface area contributed by atoms with Gasteiger partial charge in [0.2, 0.25) is 5.91 Å². The van der Waals surface area contributed by atoms with Crippen molar-refractivity contribution in [2.45, 2.75) is 54.3 Å². The summed E-state index contributed by atoms with van der Waals surface area (Å²) in [6.45, 7) is 1.93. The largest absolute Gasteiger partial charge is 0.469 e. The number of carbonyl (C=O) groups excluding carboxylic acids is 2.